The predicted molar refractivity (Wildman–Crippen MR) is 86.7 cm³/mol. The molecule has 1 heterocycles. The number of carbonyl (C=O) groups excluding carboxylic acids is 1. The zero-order chi connectivity index (χ0) is 17.3. The molecule has 0 aromatic heterocycles. The van der Waals surface area contributed by atoms with Crippen molar-refractivity contribution in [2.45, 2.75) is 33.2 Å². The highest BCUT2D eigenvalue weighted by Crippen LogP contribution is 2.32. The highest BCUT2D eigenvalue weighted by molar-refractivity contribution is 7.89. The van der Waals surface area contributed by atoms with Gasteiger partial charge in [-0.25, -0.2) is 12.8 Å². The molecule has 1 unspecified atom stereocenters. The van der Waals surface area contributed by atoms with Gasteiger partial charge >= 0.3 is 0 Å². The number of amides is 1. The maximum absolute atomic E-state index is 13.1. The number of halogens is 1. The summed E-state index contributed by atoms with van der Waals surface area (Å²) in [5.41, 5.74) is 0.494. The lowest BCUT2D eigenvalue weighted by molar-refractivity contribution is -0.122. The Hall–Kier alpha value is -1.47. The average Bonchev–Trinajstić information content (AvgIpc) is 2.75. The number of hydrogen-bond donors (Lipinski definition) is 1. The molecule has 1 saturated heterocycles. The minimum absolute atomic E-state index is 0.0982. The maximum Gasteiger partial charge on any atom is 0.235 e. The number of nitrogens with one attached hydrogen (secondary N) is 1. The monoisotopic (exact) mass is 342 g/mol. The van der Waals surface area contributed by atoms with E-state index in [1.54, 1.807) is 12.1 Å². The number of hydrogen-bond acceptors (Lipinski definition) is 3. The van der Waals surface area contributed by atoms with Gasteiger partial charge in [0.05, 0.1) is 18.3 Å². The van der Waals surface area contributed by atoms with Gasteiger partial charge < -0.3 is 5.32 Å². The molecule has 1 fully saturated rings. The van der Waals surface area contributed by atoms with Gasteiger partial charge in [0.2, 0.25) is 15.9 Å². The largest absolute Gasteiger partial charge is 0.348 e. The van der Waals surface area contributed by atoms with Crippen LogP contribution in [0.25, 0.3) is 0 Å². The molecule has 2 rings (SSSR count). The van der Waals surface area contributed by atoms with Crippen LogP contribution in [0.2, 0.25) is 0 Å². The molecule has 1 amide bonds. The van der Waals surface area contributed by atoms with E-state index < -0.39 is 10.0 Å². The molecule has 1 aliphatic heterocycles. The van der Waals surface area contributed by atoms with Gasteiger partial charge in [-0.15, -0.1) is 0 Å². The van der Waals surface area contributed by atoms with Crippen LogP contribution in [0, 0.1) is 11.2 Å². The van der Waals surface area contributed by atoms with Crippen LogP contribution in [-0.2, 0) is 14.8 Å². The zero-order valence-electron chi connectivity index (χ0n) is 13.7. The number of sulfonamides is 1. The summed E-state index contributed by atoms with van der Waals surface area (Å²) in [7, 11) is -3.30. The molecule has 1 aromatic rings. The summed E-state index contributed by atoms with van der Waals surface area (Å²) in [6, 6.07) is 5.65. The number of nitrogens with zero attached hydrogens (tertiary/aromatic N) is 1. The minimum atomic E-state index is -3.30. The lowest BCUT2D eigenvalue weighted by Crippen LogP contribution is -2.43. The van der Waals surface area contributed by atoms with Gasteiger partial charge in [-0.3, -0.25) is 4.79 Å². The molecule has 0 radical (unpaired) electrons. The Kier molecular flexibility index (Phi) is 5.10. The molecular formula is C16H23FN2O3S. The molecular weight excluding hydrogens is 319 g/mol. The van der Waals surface area contributed by atoms with E-state index in [9.17, 15) is 17.6 Å². The second-order valence-corrected chi connectivity index (χ2v) is 9.01. The van der Waals surface area contributed by atoms with Gasteiger partial charge in [0, 0.05) is 6.54 Å². The Morgan fingerprint density at radius 1 is 1.30 bits per heavy atom. The van der Waals surface area contributed by atoms with Crippen molar-refractivity contribution in [3.63, 3.8) is 0 Å². The van der Waals surface area contributed by atoms with E-state index in [4.69, 9.17) is 0 Å². The minimum Gasteiger partial charge on any atom is -0.348 e. The number of carbonyl (C=O) groups is 1. The van der Waals surface area contributed by atoms with Gasteiger partial charge in [0.25, 0.3) is 0 Å². The Labute approximate surface area is 136 Å². The summed E-state index contributed by atoms with van der Waals surface area (Å²) in [6.45, 7) is 6.11. The van der Waals surface area contributed by atoms with E-state index >= 15 is 0 Å². The van der Waals surface area contributed by atoms with Crippen molar-refractivity contribution in [2.75, 3.05) is 18.8 Å². The molecule has 0 bridgehead atoms. The molecule has 23 heavy (non-hydrogen) atoms. The second-order valence-electron chi connectivity index (χ2n) is 6.92. The lowest BCUT2D eigenvalue weighted by atomic mass is 9.82. The van der Waals surface area contributed by atoms with E-state index in [1.165, 1.54) is 16.4 Å². The number of benzene rings is 1. The molecule has 7 heteroatoms. The van der Waals surface area contributed by atoms with Gasteiger partial charge in [0.1, 0.15) is 5.82 Å². The highest BCUT2D eigenvalue weighted by Gasteiger charge is 2.32. The smallest absolute Gasteiger partial charge is 0.235 e. The van der Waals surface area contributed by atoms with Crippen molar-refractivity contribution < 1.29 is 17.6 Å². The van der Waals surface area contributed by atoms with Crippen molar-refractivity contribution >= 4 is 15.9 Å². The highest BCUT2D eigenvalue weighted by atomic mass is 32.2. The molecule has 1 aromatic carbocycles. The van der Waals surface area contributed by atoms with E-state index in [1.807, 2.05) is 20.8 Å². The third-order valence-electron chi connectivity index (χ3n) is 3.90. The first-order valence-corrected chi connectivity index (χ1v) is 9.23. The molecule has 0 aliphatic carbocycles. The molecule has 1 atom stereocenters. The third-order valence-corrected chi connectivity index (χ3v) is 5.80. The van der Waals surface area contributed by atoms with E-state index in [0.717, 1.165) is 5.56 Å². The van der Waals surface area contributed by atoms with Crippen LogP contribution in [0.1, 0.15) is 38.8 Å². The first-order chi connectivity index (χ1) is 10.6. The third kappa shape index (κ3) is 4.51. The van der Waals surface area contributed by atoms with Crippen LogP contribution >= 0.6 is 0 Å². The molecule has 0 spiro atoms. The molecule has 128 valence electrons. The van der Waals surface area contributed by atoms with Crippen molar-refractivity contribution in [3.05, 3.63) is 35.6 Å². The fourth-order valence-corrected chi connectivity index (χ4v) is 4.16. The quantitative estimate of drug-likeness (QED) is 0.911. The molecule has 0 saturated carbocycles. The summed E-state index contributed by atoms with van der Waals surface area (Å²) in [6.07, 6.45) is 0.552. The van der Waals surface area contributed by atoms with Crippen molar-refractivity contribution in [1.82, 2.24) is 9.62 Å². The van der Waals surface area contributed by atoms with Gasteiger partial charge in [-0.2, -0.15) is 4.31 Å². The summed E-state index contributed by atoms with van der Waals surface area (Å²) in [5.74, 6) is -0.586. The lowest BCUT2D eigenvalue weighted by Gasteiger charge is -2.32. The van der Waals surface area contributed by atoms with Gasteiger partial charge in [0.15, 0.2) is 0 Å². The molecule has 1 aliphatic rings. The fourth-order valence-electron chi connectivity index (χ4n) is 2.69. The normalized spacial score (nSPS) is 19.5. The SMILES string of the molecule is CC(C)(C)C(NC(=O)CN1CCCS1(=O)=O)c1ccc(F)cc1. The van der Waals surface area contributed by atoms with Crippen LogP contribution in [0.15, 0.2) is 24.3 Å². The average molecular weight is 342 g/mol. The van der Waals surface area contributed by atoms with Crippen molar-refractivity contribution in [1.29, 1.82) is 0 Å². The van der Waals surface area contributed by atoms with Crippen LogP contribution < -0.4 is 5.32 Å². The number of rotatable bonds is 4. The molecule has 5 nitrogen and oxygen atoms in total. The van der Waals surface area contributed by atoms with Crippen LogP contribution in [0.5, 0.6) is 0 Å². The van der Waals surface area contributed by atoms with Gasteiger partial charge in [-0.05, 0) is 29.5 Å². The zero-order valence-corrected chi connectivity index (χ0v) is 14.5. The Balaban J connectivity index is 2.12. The topological polar surface area (TPSA) is 66.5 Å². The summed E-state index contributed by atoms with van der Waals surface area (Å²) >= 11 is 0. The predicted octanol–water partition coefficient (Wildman–Crippen LogP) is 2.06. The summed E-state index contributed by atoms with van der Waals surface area (Å²) < 4.78 is 37.9. The van der Waals surface area contributed by atoms with Gasteiger partial charge in [-0.1, -0.05) is 32.9 Å². The Bertz CT molecular complexity index is 666. The maximum atomic E-state index is 13.1. The summed E-state index contributed by atoms with van der Waals surface area (Å²) in [5, 5.41) is 2.89. The van der Waals surface area contributed by atoms with E-state index in [-0.39, 0.29) is 35.5 Å². The van der Waals surface area contributed by atoms with Crippen LogP contribution in [-0.4, -0.2) is 37.5 Å². The van der Waals surface area contributed by atoms with E-state index in [2.05, 4.69) is 5.32 Å². The van der Waals surface area contributed by atoms with E-state index in [0.29, 0.717) is 13.0 Å². The summed E-state index contributed by atoms with van der Waals surface area (Å²) in [4.78, 5) is 12.3. The standard InChI is InChI=1S/C16H23FN2O3S/c1-16(2,3)15(12-5-7-13(17)8-6-12)18-14(20)11-19-9-4-10-23(19,21)22/h5-8,15H,4,9-11H2,1-3H3,(H,18,20). The van der Waals surface area contributed by atoms with Crippen LogP contribution in [0.3, 0.4) is 0 Å². The first kappa shape index (κ1) is 17.9. The van der Waals surface area contributed by atoms with Crippen LogP contribution in [0.4, 0.5) is 4.39 Å². The first-order valence-electron chi connectivity index (χ1n) is 7.62. The molecule has 1 N–H and O–H groups in total. The fraction of sp³-hybridized carbons (Fsp3) is 0.562. The van der Waals surface area contributed by atoms with Crippen molar-refractivity contribution in [2.24, 2.45) is 5.41 Å². The Morgan fingerprint density at radius 2 is 1.91 bits per heavy atom. The van der Waals surface area contributed by atoms with Crippen molar-refractivity contribution in [3.8, 4) is 0 Å². The second kappa shape index (κ2) is 6.57. The Morgan fingerprint density at radius 3 is 2.39 bits per heavy atom.